The van der Waals surface area contributed by atoms with Crippen molar-refractivity contribution < 1.29 is 9.59 Å². The van der Waals surface area contributed by atoms with Gasteiger partial charge in [0.05, 0.1) is 12.1 Å². The third kappa shape index (κ3) is 5.21. The van der Waals surface area contributed by atoms with E-state index < -0.39 is 0 Å². The number of carbonyl (C=O) groups excluding carboxylic acids is 2. The van der Waals surface area contributed by atoms with Crippen molar-refractivity contribution in [1.29, 1.82) is 5.26 Å². The molecule has 1 aliphatic heterocycles. The molecule has 4 N–H and O–H groups in total. The molecule has 2 heterocycles. The number of hydrogen-bond donors (Lipinski definition) is 3. The van der Waals surface area contributed by atoms with E-state index in [0.717, 1.165) is 51.1 Å². The van der Waals surface area contributed by atoms with Gasteiger partial charge < -0.3 is 26.2 Å². The largest absolute Gasteiger partial charge is 0.369 e. The Labute approximate surface area is 192 Å². The van der Waals surface area contributed by atoms with Gasteiger partial charge in [-0.05, 0) is 44.2 Å². The van der Waals surface area contributed by atoms with Crippen LogP contribution in [0.5, 0.6) is 0 Å². The minimum atomic E-state index is -0.345. The van der Waals surface area contributed by atoms with Crippen LogP contribution in [0.4, 0.5) is 17.5 Å². The number of hydrogen-bond acceptors (Lipinski definition) is 8. The average molecular weight is 449 g/mol. The lowest BCUT2D eigenvalue weighted by molar-refractivity contribution is -0.121. The molecule has 10 heteroatoms. The number of amides is 2. The summed E-state index contributed by atoms with van der Waals surface area (Å²) in [4.78, 5) is 37.2. The van der Waals surface area contributed by atoms with Gasteiger partial charge in [0.25, 0.3) is 5.91 Å². The van der Waals surface area contributed by atoms with Crippen molar-refractivity contribution in [2.75, 3.05) is 43.9 Å². The lowest BCUT2D eigenvalue weighted by atomic mass is 10.0. The highest BCUT2D eigenvalue weighted by molar-refractivity contribution is 5.94. The lowest BCUT2D eigenvalue weighted by Gasteiger charge is -2.32. The maximum absolute atomic E-state index is 12.7. The van der Waals surface area contributed by atoms with E-state index in [1.807, 2.05) is 4.90 Å². The molecule has 2 atom stereocenters. The zero-order valence-electron chi connectivity index (χ0n) is 18.6. The Morgan fingerprint density at radius 2 is 1.88 bits per heavy atom. The summed E-state index contributed by atoms with van der Waals surface area (Å²) in [7, 11) is 2.05. The standard InChI is InChI=1S/C23H28N8O2/c1-30-9-11-31(12-10-30)22(33)15-5-7-17(8-6-15)27-23-26-14-16(13-24)21(29-23)28-19-4-2-3-18(19)20(25)32/h5-8,14,18-19H,2-4,9-12H2,1H3,(H2,25,32)(H2,26,27,28,29)/t18-,19-/m0/s1. The van der Waals surface area contributed by atoms with E-state index in [4.69, 9.17) is 5.73 Å². The fraction of sp³-hybridized carbons (Fsp3) is 0.435. The molecule has 2 amide bonds. The van der Waals surface area contributed by atoms with Crippen LogP contribution in [-0.2, 0) is 4.79 Å². The molecule has 1 aliphatic carbocycles. The Bertz CT molecular complexity index is 1060. The van der Waals surface area contributed by atoms with E-state index in [1.165, 1.54) is 6.20 Å². The number of aromatic nitrogens is 2. The van der Waals surface area contributed by atoms with E-state index in [-0.39, 0.29) is 23.8 Å². The van der Waals surface area contributed by atoms with Gasteiger partial charge in [0.1, 0.15) is 17.5 Å². The summed E-state index contributed by atoms with van der Waals surface area (Å²) < 4.78 is 0. The molecular weight excluding hydrogens is 420 g/mol. The molecule has 1 saturated carbocycles. The molecule has 4 rings (SSSR count). The molecular formula is C23H28N8O2. The van der Waals surface area contributed by atoms with Crippen molar-refractivity contribution in [3.8, 4) is 6.07 Å². The maximum atomic E-state index is 12.7. The van der Waals surface area contributed by atoms with Crippen LogP contribution >= 0.6 is 0 Å². The minimum absolute atomic E-state index is 0.0244. The van der Waals surface area contributed by atoms with Gasteiger partial charge in [-0.25, -0.2) is 4.98 Å². The summed E-state index contributed by atoms with van der Waals surface area (Å²) in [6, 6.07) is 9.09. The smallest absolute Gasteiger partial charge is 0.253 e. The molecule has 0 spiro atoms. The van der Waals surface area contributed by atoms with Crippen LogP contribution in [0.3, 0.4) is 0 Å². The van der Waals surface area contributed by atoms with E-state index in [9.17, 15) is 14.9 Å². The molecule has 2 aliphatic rings. The number of anilines is 3. The number of nitrogens with two attached hydrogens (primary N) is 1. The van der Waals surface area contributed by atoms with Gasteiger partial charge >= 0.3 is 0 Å². The molecule has 0 radical (unpaired) electrons. The van der Waals surface area contributed by atoms with E-state index in [1.54, 1.807) is 24.3 Å². The number of nitrogens with zero attached hydrogens (tertiary/aromatic N) is 5. The van der Waals surface area contributed by atoms with Crippen LogP contribution in [0.2, 0.25) is 0 Å². The summed E-state index contributed by atoms with van der Waals surface area (Å²) in [6.07, 6.45) is 3.85. The summed E-state index contributed by atoms with van der Waals surface area (Å²) in [6.45, 7) is 3.20. The molecule has 10 nitrogen and oxygen atoms in total. The molecule has 1 saturated heterocycles. The van der Waals surface area contributed by atoms with Crippen molar-refractivity contribution in [2.24, 2.45) is 11.7 Å². The Morgan fingerprint density at radius 1 is 1.15 bits per heavy atom. The number of piperazine rings is 1. The zero-order chi connectivity index (χ0) is 23.4. The van der Waals surface area contributed by atoms with E-state index in [0.29, 0.717) is 22.9 Å². The third-order valence-electron chi connectivity index (χ3n) is 6.29. The van der Waals surface area contributed by atoms with Crippen LogP contribution in [-0.4, -0.2) is 70.9 Å². The SMILES string of the molecule is CN1CCN(C(=O)c2ccc(Nc3ncc(C#N)c(N[C@H]4CCC[C@@H]4C(N)=O)n3)cc2)CC1. The van der Waals surface area contributed by atoms with Gasteiger partial charge in [0, 0.05) is 43.5 Å². The predicted molar refractivity (Wildman–Crippen MR) is 124 cm³/mol. The highest BCUT2D eigenvalue weighted by atomic mass is 16.2. The Balaban J connectivity index is 1.44. The molecule has 1 aromatic heterocycles. The Morgan fingerprint density at radius 3 is 2.55 bits per heavy atom. The molecule has 33 heavy (non-hydrogen) atoms. The molecule has 2 aromatic rings. The molecule has 1 aromatic carbocycles. The maximum Gasteiger partial charge on any atom is 0.253 e. The van der Waals surface area contributed by atoms with Gasteiger partial charge in [-0.1, -0.05) is 6.42 Å². The summed E-state index contributed by atoms with van der Waals surface area (Å²) in [5.41, 5.74) is 7.16. The van der Waals surface area contributed by atoms with Crippen LogP contribution < -0.4 is 16.4 Å². The van der Waals surface area contributed by atoms with Crippen molar-refractivity contribution in [2.45, 2.75) is 25.3 Å². The van der Waals surface area contributed by atoms with Crippen molar-refractivity contribution in [1.82, 2.24) is 19.8 Å². The minimum Gasteiger partial charge on any atom is -0.369 e. The fourth-order valence-electron chi connectivity index (χ4n) is 4.30. The first kappa shape index (κ1) is 22.5. The molecule has 2 fully saturated rings. The van der Waals surface area contributed by atoms with Crippen LogP contribution in [0.15, 0.2) is 30.5 Å². The van der Waals surface area contributed by atoms with Gasteiger partial charge in [-0.15, -0.1) is 0 Å². The van der Waals surface area contributed by atoms with Gasteiger partial charge in [-0.3, -0.25) is 9.59 Å². The third-order valence-corrected chi connectivity index (χ3v) is 6.29. The second-order valence-electron chi connectivity index (χ2n) is 8.56. The highest BCUT2D eigenvalue weighted by Gasteiger charge is 2.32. The first-order valence-corrected chi connectivity index (χ1v) is 11.1. The van der Waals surface area contributed by atoms with Crippen LogP contribution in [0.25, 0.3) is 0 Å². The van der Waals surface area contributed by atoms with Crippen molar-refractivity contribution >= 4 is 29.3 Å². The highest BCUT2D eigenvalue weighted by Crippen LogP contribution is 2.29. The average Bonchev–Trinajstić information content (AvgIpc) is 3.28. The topological polar surface area (TPSA) is 140 Å². The number of primary amides is 1. The number of benzene rings is 1. The zero-order valence-corrected chi connectivity index (χ0v) is 18.6. The number of likely N-dealkylation sites (N-methyl/N-ethyl adjacent to an activating group) is 1. The monoisotopic (exact) mass is 448 g/mol. The van der Waals surface area contributed by atoms with E-state index >= 15 is 0 Å². The first-order chi connectivity index (χ1) is 15.9. The first-order valence-electron chi connectivity index (χ1n) is 11.1. The van der Waals surface area contributed by atoms with Gasteiger partial charge in [-0.2, -0.15) is 10.2 Å². The number of rotatable bonds is 6. The number of carbonyl (C=O) groups is 2. The molecule has 0 bridgehead atoms. The van der Waals surface area contributed by atoms with Gasteiger partial charge in [0.2, 0.25) is 11.9 Å². The Kier molecular flexibility index (Phi) is 6.70. The molecule has 0 unspecified atom stereocenters. The second kappa shape index (κ2) is 9.83. The van der Waals surface area contributed by atoms with Crippen molar-refractivity contribution in [3.05, 3.63) is 41.6 Å². The van der Waals surface area contributed by atoms with Crippen molar-refractivity contribution in [3.63, 3.8) is 0 Å². The summed E-state index contributed by atoms with van der Waals surface area (Å²) in [5.74, 6) is 0.0741. The second-order valence-corrected chi connectivity index (χ2v) is 8.56. The number of nitrogens with one attached hydrogen (secondary N) is 2. The van der Waals surface area contributed by atoms with Crippen LogP contribution in [0, 0.1) is 17.2 Å². The van der Waals surface area contributed by atoms with E-state index in [2.05, 4.69) is 38.6 Å². The van der Waals surface area contributed by atoms with Crippen LogP contribution in [0.1, 0.15) is 35.2 Å². The lowest BCUT2D eigenvalue weighted by Crippen LogP contribution is -2.47. The van der Waals surface area contributed by atoms with Gasteiger partial charge in [0.15, 0.2) is 0 Å². The Hall–Kier alpha value is -3.71. The predicted octanol–water partition coefficient (Wildman–Crippen LogP) is 1.55. The summed E-state index contributed by atoms with van der Waals surface area (Å²) in [5, 5.41) is 15.8. The fourth-order valence-corrected chi connectivity index (χ4v) is 4.30. The quantitative estimate of drug-likeness (QED) is 0.605. The number of nitriles is 1. The molecule has 172 valence electrons. The normalized spacial score (nSPS) is 20.8. The summed E-state index contributed by atoms with van der Waals surface area (Å²) >= 11 is 0.